The van der Waals surface area contributed by atoms with Gasteiger partial charge in [-0.25, -0.2) is 0 Å². The number of rotatable bonds is 8. The first-order valence-corrected chi connectivity index (χ1v) is 7.73. The second-order valence-electron chi connectivity index (χ2n) is 4.69. The molecule has 1 aromatic heterocycles. The van der Waals surface area contributed by atoms with Crippen molar-refractivity contribution in [2.45, 2.75) is 26.3 Å². The summed E-state index contributed by atoms with van der Waals surface area (Å²) >= 11 is 0. The zero-order valence-corrected chi connectivity index (χ0v) is 12.7. The van der Waals surface area contributed by atoms with Crippen LogP contribution in [0.5, 0.6) is 0 Å². The monoisotopic (exact) mass is 289 g/mol. The van der Waals surface area contributed by atoms with Gasteiger partial charge in [0.05, 0.1) is 11.9 Å². The highest BCUT2D eigenvalue weighted by Crippen LogP contribution is 2.12. The van der Waals surface area contributed by atoms with Crippen molar-refractivity contribution in [2.75, 3.05) is 31.9 Å². The van der Waals surface area contributed by atoms with E-state index in [4.69, 9.17) is 0 Å². The van der Waals surface area contributed by atoms with Crippen LogP contribution >= 0.6 is 0 Å². The average Bonchev–Trinajstić information content (AvgIpc) is 2.77. The van der Waals surface area contributed by atoms with Crippen LogP contribution in [0.3, 0.4) is 0 Å². The summed E-state index contributed by atoms with van der Waals surface area (Å²) in [7, 11) is -0.103. The van der Waals surface area contributed by atoms with Gasteiger partial charge < -0.3 is 5.32 Å². The smallest absolute Gasteiger partial charge is 0.301 e. The van der Waals surface area contributed by atoms with Crippen LogP contribution in [0, 0.1) is 0 Å². The molecule has 0 aromatic carbocycles. The molecule has 1 heterocycles. The summed E-state index contributed by atoms with van der Waals surface area (Å²) in [4.78, 5) is 0. The van der Waals surface area contributed by atoms with Crippen molar-refractivity contribution in [3.8, 4) is 0 Å². The lowest BCUT2D eigenvalue weighted by Crippen LogP contribution is -2.34. The maximum absolute atomic E-state index is 12.0. The van der Waals surface area contributed by atoms with Crippen LogP contribution in [0.1, 0.15) is 26.3 Å². The van der Waals surface area contributed by atoms with Crippen LogP contribution in [0.4, 0.5) is 5.69 Å². The Balaban J connectivity index is 2.62. The van der Waals surface area contributed by atoms with Crippen LogP contribution < -0.4 is 10.0 Å². The molecule has 110 valence electrons. The van der Waals surface area contributed by atoms with Crippen molar-refractivity contribution in [2.24, 2.45) is 0 Å². The normalized spacial score (nSPS) is 12.3. The number of anilines is 1. The second-order valence-corrected chi connectivity index (χ2v) is 6.47. The molecule has 0 aliphatic heterocycles. The van der Waals surface area contributed by atoms with Crippen molar-refractivity contribution in [3.05, 3.63) is 12.4 Å². The minimum absolute atomic E-state index is 0.201. The molecule has 2 N–H and O–H groups in total. The first-order valence-electron chi connectivity index (χ1n) is 6.29. The van der Waals surface area contributed by atoms with Gasteiger partial charge in [-0.3, -0.25) is 9.40 Å². The minimum atomic E-state index is -3.50. The molecule has 0 radical (unpaired) electrons. The Bertz CT molecular complexity index is 483. The molecule has 19 heavy (non-hydrogen) atoms. The minimum Gasteiger partial charge on any atom is -0.320 e. The van der Waals surface area contributed by atoms with E-state index in [1.807, 2.05) is 20.9 Å². The third-order valence-corrected chi connectivity index (χ3v) is 4.18. The molecule has 0 fully saturated rings. The SMILES string of the molecule is CNCCCN(C)S(=O)(=O)Nc1cnn(C(C)C)c1. The molecule has 0 spiro atoms. The number of hydrogen-bond acceptors (Lipinski definition) is 4. The van der Waals surface area contributed by atoms with Gasteiger partial charge in [0.25, 0.3) is 0 Å². The zero-order valence-electron chi connectivity index (χ0n) is 11.9. The van der Waals surface area contributed by atoms with Crippen LogP contribution in [-0.4, -0.2) is 49.7 Å². The maximum atomic E-state index is 12.0. The van der Waals surface area contributed by atoms with Gasteiger partial charge in [0.1, 0.15) is 0 Å². The zero-order chi connectivity index (χ0) is 14.5. The molecule has 1 rings (SSSR count). The molecule has 0 unspecified atom stereocenters. The van der Waals surface area contributed by atoms with E-state index in [1.165, 1.54) is 10.5 Å². The van der Waals surface area contributed by atoms with E-state index >= 15 is 0 Å². The van der Waals surface area contributed by atoms with Gasteiger partial charge in [-0.05, 0) is 33.9 Å². The summed E-state index contributed by atoms with van der Waals surface area (Å²) in [5, 5.41) is 7.08. The third kappa shape index (κ3) is 4.81. The lowest BCUT2D eigenvalue weighted by molar-refractivity contribution is 0.462. The highest BCUT2D eigenvalue weighted by molar-refractivity contribution is 7.90. The Hall–Kier alpha value is -1.12. The highest BCUT2D eigenvalue weighted by Gasteiger charge is 2.17. The Labute approximate surface area is 115 Å². The largest absolute Gasteiger partial charge is 0.320 e. The van der Waals surface area contributed by atoms with Crippen molar-refractivity contribution < 1.29 is 8.42 Å². The van der Waals surface area contributed by atoms with Crippen molar-refractivity contribution in [3.63, 3.8) is 0 Å². The van der Waals surface area contributed by atoms with Gasteiger partial charge >= 0.3 is 10.2 Å². The summed E-state index contributed by atoms with van der Waals surface area (Å²) in [6, 6.07) is 0.201. The lowest BCUT2D eigenvalue weighted by atomic mass is 10.4. The maximum Gasteiger partial charge on any atom is 0.301 e. The van der Waals surface area contributed by atoms with Crippen molar-refractivity contribution in [1.29, 1.82) is 0 Å². The van der Waals surface area contributed by atoms with E-state index in [9.17, 15) is 8.42 Å². The van der Waals surface area contributed by atoms with Gasteiger partial charge in [0.15, 0.2) is 0 Å². The van der Waals surface area contributed by atoms with Crippen LogP contribution in [0.2, 0.25) is 0 Å². The second kappa shape index (κ2) is 6.88. The van der Waals surface area contributed by atoms with Crippen molar-refractivity contribution >= 4 is 15.9 Å². The Morgan fingerprint density at radius 3 is 2.68 bits per heavy atom. The van der Waals surface area contributed by atoms with E-state index in [1.54, 1.807) is 17.9 Å². The fourth-order valence-corrected chi connectivity index (χ4v) is 2.43. The van der Waals surface area contributed by atoms with Gasteiger partial charge in [-0.2, -0.15) is 17.8 Å². The molecule has 0 saturated carbocycles. The van der Waals surface area contributed by atoms with E-state index in [-0.39, 0.29) is 6.04 Å². The summed E-state index contributed by atoms with van der Waals surface area (Å²) < 4.78 is 29.6. The Morgan fingerprint density at radius 2 is 2.16 bits per heavy atom. The number of nitrogens with zero attached hydrogens (tertiary/aromatic N) is 3. The number of aromatic nitrogens is 2. The molecule has 8 heteroatoms. The number of nitrogens with one attached hydrogen (secondary N) is 2. The predicted octanol–water partition coefficient (Wildman–Crippen LogP) is 0.662. The topological polar surface area (TPSA) is 79.3 Å². The summed E-state index contributed by atoms with van der Waals surface area (Å²) in [6.07, 6.45) is 3.96. The van der Waals surface area contributed by atoms with Crippen molar-refractivity contribution in [1.82, 2.24) is 19.4 Å². The fourth-order valence-electron chi connectivity index (χ4n) is 1.50. The molecule has 0 bridgehead atoms. The van der Waals surface area contributed by atoms with E-state index in [2.05, 4.69) is 15.1 Å². The molecule has 0 aliphatic rings. The molecule has 0 saturated heterocycles. The summed E-state index contributed by atoms with van der Waals surface area (Å²) in [5.74, 6) is 0. The molecule has 1 aromatic rings. The van der Waals surface area contributed by atoms with Crippen LogP contribution in [0.25, 0.3) is 0 Å². The van der Waals surface area contributed by atoms with Crippen LogP contribution in [0.15, 0.2) is 12.4 Å². The molecular weight excluding hydrogens is 266 g/mol. The molecule has 0 aliphatic carbocycles. The quantitative estimate of drug-likeness (QED) is 0.689. The summed E-state index contributed by atoms with van der Waals surface area (Å²) in [6.45, 7) is 5.21. The molecule has 7 nitrogen and oxygen atoms in total. The summed E-state index contributed by atoms with van der Waals surface area (Å²) in [5.41, 5.74) is 0.481. The Kier molecular flexibility index (Phi) is 5.77. The highest BCUT2D eigenvalue weighted by atomic mass is 32.2. The molecule has 0 atom stereocenters. The first-order chi connectivity index (χ1) is 8.86. The van der Waals surface area contributed by atoms with E-state index in [0.29, 0.717) is 12.2 Å². The van der Waals surface area contributed by atoms with Gasteiger partial charge in [0, 0.05) is 25.8 Å². The number of hydrogen-bond donors (Lipinski definition) is 2. The van der Waals surface area contributed by atoms with Gasteiger partial charge in [0.2, 0.25) is 0 Å². The standard InChI is InChI=1S/C11H23N5O2S/c1-10(2)16-9-11(8-13-16)14-19(17,18)15(4)7-5-6-12-3/h8-10,12,14H,5-7H2,1-4H3. The Morgan fingerprint density at radius 1 is 1.47 bits per heavy atom. The van der Waals surface area contributed by atoms with E-state index in [0.717, 1.165) is 13.0 Å². The molecule has 0 amide bonds. The lowest BCUT2D eigenvalue weighted by Gasteiger charge is -2.17. The predicted molar refractivity (Wildman–Crippen MR) is 76.3 cm³/mol. The van der Waals surface area contributed by atoms with Crippen LogP contribution in [-0.2, 0) is 10.2 Å². The average molecular weight is 289 g/mol. The molecular formula is C11H23N5O2S. The first kappa shape index (κ1) is 15.9. The fraction of sp³-hybridized carbons (Fsp3) is 0.727. The van der Waals surface area contributed by atoms with Gasteiger partial charge in [-0.1, -0.05) is 0 Å². The van der Waals surface area contributed by atoms with E-state index < -0.39 is 10.2 Å². The van der Waals surface area contributed by atoms with Gasteiger partial charge in [-0.15, -0.1) is 0 Å². The third-order valence-electron chi connectivity index (χ3n) is 2.69.